The Morgan fingerprint density at radius 1 is 1.07 bits per heavy atom. The number of hydrogen-bond donors (Lipinski definition) is 1. The van der Waals surface area contributed by atoms with Gasteiger partial charge in [-0.2, -0.15) is 0 Å². The Morgan fingerprint density at radius 2 is 1.74 bits per heavy atom. The summed E-state index contributed by atoms with van der Waals surface area (Å²) in [4.78, 5) is 0.224. The molecule has 7 heteroatoms. The minimum atomic E-state index is -3.71. The summed E-state index contributed by atoms with van der Waals surface area (Å²) in [5.41, 5.74) is 2.38. The molecule has 0 fully saturated rings. The van der Waals surface area contributed by atoms with Crippen LogP contribution >= 0.6 is 11.8 Å². The third-order valence-electron chi connectivity index (χ3n) is 3.94. The lowest BCUT2D eigenvalue weighted by atomic mass is 10.1. The molecule has 0 spiro atoms. The van der Waals surface area contributed by atoms with Crippen LogP contribution in [-0.2, 0) is 14.8 Å². The monoisotopic (exact) mass is 409 g/mol. The predicted molar refractivity (Wildman–Crippen MR) is 112 cm³/mol. The fourth-order valence-corrected chi connectivity index (χ4v) is 4.94. The quantitative estimate of drug-likeness (QED) is 0.654. The largest absolute Gasteiger partial charge is 0.497 e. The normalized spacial score (nSPS) is 12.8. The summed E-state index contributed by atoms with van der Waals surface area (Å²) in [6, 6.07) is 12.2. The molecule has 0 aliphatic heterocycles. The zero-order valence-electron chi connectivity index (χ0n) is 16.4. The standard InChI is InChI=1S/C20H27NO4S2/c1-14(2)26-20(13-24-4)18-11-8-16(25-5)12-19(18)21-27(22,23)17-9-6-15(3)7-10-17/h6-12,14,20-21H,13H2,1-5H3. The van der Waals surface area contributed by atoms with Gasteiger partial charge in [0.15, 0.2) is 0 Å². The van der Waals surface area contributed by atoms with Crippen molar-refractivity contribution in [3.05, 3.63) is 53.6 Å². The van der Waals surface area contributed by atoms with Crippen LogP contribution in [0.5, 0.6) is 5.75 Å². The molecule has 0 aliphatic carbocycles. The number of anilines is 1. The Morgan fingerprint density at radius 3 is 2.30 bits per heavy atom. The molecule has 1 unspecified atom stereocenters. The summed E-state index contributed by atoms with van der Waals surface area (Å²) in [6.07, 6.45) is 0. The number of methoxy groups -OCH3 is 2. The van der Waals surface area contributed by atoms with E-state index in [1.54, 1.807) is 56.3 Å². The van der Waals surface area contributed by atoms with E-state index in [0.717, 1.165) is 11.1 Å². The van der Waals surface area contributed by atoms with Crippen LogP contribution in [0.15, 0.2) is 47.4 Å². The molecule has 0 saturated carbocycles. The van der Waals surface area contributed by atoms with Gasteiger partial charge in [-0.25, -0.2) is 8.42 Å². The van der Waals surface area contributed by atoms with Gasteiger partial charge in [-0.15, -0.1) is 11.8 Å². The van der Waals surface area contributed by atoms with Crippen molar-refractivity contribution in [2.24, 2.45) is 0 Å². The van der Waals surface area contributed by atoms with E-state index < -0.39 is 10.0 Å². The molecule has 1 atom stereocenters. The van der Waals surface area contributed by atoms with Gasteiger partial charge in [0.25, 0.3) is 10.0 Å². The fourth-order valence-electron chi connectivity index (χ4n) is 2.63. The van der Waals surface area contributed by atoms with Crippen LogP contribution in [-0.4, -0.2) is 34.5 Å². The summed E-state index contributed by atoms with van der Waals surface area (Å²) < 4.78 is 39.2. The van der Waals surface area contributed by atoms with E-state index >= 15 is 0 Å². The van der Waals surface area contributed by atoms with Crippen molar-refractivity contribution in [2.45, 2.75) is 36.2 Å². The number of thioether (sulfide) groups is 1. The van der Waals surface area contributed by atoms with Crippen molar-refractivity contribution in [1.29, 1.82) is 0 Å². The molecule has 148 valence electrons. The third kappa shape index (κ3) is 5.89. The molecule has 0 amide bonds. The molecular weight excluding hydrogens is 382 g/mol. The number of rotatable bonds is 9. The first-order chi connectivity index (χ1) is 12.8. The summed E-state index contributed by atoms with van der Waals surface area (Å²) in [5, 5.41) is 0.366. The van der Waals surface area contributed by atoms with Crippen LogP contribution in [0.2, 0.25) is 0 Å². The van der Waals surface area contributed by atoms with Crippen LogP contribution in [0.25, 0.3) is 0 Å². The lowest BCUT2D eigenvalue weighted by Crippen LogP contribution is -2.16. The number of ether oxygens (including phenoxy) is 2. The molecule has 0 heterocycles. The van der Waals surface area contributed by atoms with Gasteiger partial charge in [0, 0.05) is 13.2 Å². The molecule has 0 aromatic heterocycles. The predicted octanol–water partition coefficient (Wildman–Crippen LogP) is 4.63. The maximum Gasteiger partial charge on any atom is 0.261 e. The number of sulfonamides is 1. The van der Waals surface area contributed by atoms with E-state index in [1.807, 2.05) is 19.1 Å². The lowest BCUT2D eigenvalue weighted by molar-refractivity contribution is 0.200. The highest BCUT2D eigenvalue weighted by molar-refractivity contribution is 8.00. The second-order valence-electron chi connectivity index (χ2n) is 6.50. The summed E-state index contributed by atoms with van der Waals surface area (Å²) >= 11 is 1.73. The average molecular weight is 410 g/mol. The number of nitrogens with one attached hydrogen (secondary N) is 1. The average Bonchev–Trinajstić information content (AvgIpc) is 2.61. The van der Waals surface area contributed by atoms with Crippen LogP contribution in [0.1, 0.15) is 30.2 Å². The Hall–Kier alpha value is -1.70. The van der Waals surface area contributed by atoms with E-state index in [9.17, 15) is 8.42 Å². The molecule has 0 saturated heterocycles. The Bertz CT molecular complexity index is 849. The van der Waals surface area contributed by atoms with Gasteiger partial charge in [0.05, 0.1) is 29.5 Å². The minimum Gasteiger partial charge on any atom is -0.497 e. The Labute approximate surface area is 166 Å². The molecule has 27 heavy (non-hydrogen) atoms. The second-order valence-corrected chi connectivity index (χ2v) is 9.97. The maximum absolute atomic E-state index is 12.9. The van der Waals surface area contributed by atoms with Crippen LogP contribution < -0.4 is 9.46 Å². The molecule has 0 radical (unpaired) electrons. The Balaban J connectivity index is 2.45. The first-order valence-corrected chi connectivity index (χ1v) is 11.1. The summed E-state index contributed by atoms with van der Waals surface area (Å²) in [7, 11) is -0.505. The third-order valence-corrected chi connectivity index (χ3v) is 6.58. The van der Waals surface area contributed by atoms with E-state index in [1.165, 1.54) is 0 Å². The number of hydrogen-bond acceptors (Lipinski definition) is 5. The molecule has 2 aromatic rings. The first kappa shape index (κ1) is 21.6. The SMILES string of the molecule is COCC(SC(C)C)c1ccc(OC)cc1NS(=O)(=O)c1ccc(C)cc1. The summed E-state index contributed by atoms with van der Waals surface area (Å²) in [6.45, 7) is 6.61. The van der Waals surface area contributed by atoms with Gasteiger partial charge in [0.2, 0.25) is 0 Å². The van der Waals surface area contributed by atoms with Crippen molar-refractivity contribution in [3.8, 4) is 5.75 Å². The van der Waals surface area contributed by atoms with Gasteiger partial charge in [0.1, 0.15) is 5.75 Å². The minimum absolute atomic E-state index is 0.00313. The number of aryl methyl sites for hydroxylation is 1. The lowest BCUT2D eigenvalue weighted by Gasteiger charge is -2.22. The smallest absolute Gasteiger partial charge is 0.261 e. The van der Waals surface area contributed by atoms with Gasteiger partial charge in [-0.05, 0) is 35.9 Å². The van der Waals surface area contributed by atoms with Crippen LogP contribution in [0.4, 0.5) is 5.69 Å². The molecule has 0 aliphatic rings. The van der Waals surface area contributed by atoms with E-state index in [-0.39, 0.29) is 10.1 Å². The van der Waals surface area contributed by atoms with Gasteiger partial charge < -0.3 is 9.47 Å². The van der Waals surface area contributed by atoms with Crippen molar-refractivity contribution in [3.63, 3.8) is 0 Å². The number of benzene rings is 2. The fraction of sp³-hybridized carbons (Fsp3) is 0.400. The van der Waals surface area contributed by atoms with Crippen molar-refractivity contribution in [1.82, 2.24) is 0 Å². The van der Waals surface area contributed by atoms with Crippen molar-refractivity contribution >= 4 is 27.5 Å². The molecule has 2 rings (SSSR count). The first-order valence-electron chi connectivity index (χ1n) is 8.68. The molecule has 0 bridgehead atoms. The zero-order valence-corrected chi connectivity index (χ0v) is 18.0. The van der Waals surface area contributed by atoms with Gasteiger partial charge >= 0.3 is 0 Å². The van der Waals surface area contributed by atoms with E-state index in [2.05, 4.69) is 18.6 Å². The topological polar surface area (TPSA) is 64.6 Å². The van der Waals surface area contributed by atoms with Crippen LogP contribution in [0.3, 0.4) is 0 Å². The maximum atomic E-state index is 12.9. The second kappa shape index (κ2) is 9.48. The van der Waals surface area contributed by atoms with E-state index in [4.69, 9.17) is 9.47 Å². The molecule has 5 nitrogen and oxygen atoms in total. The Kier molecular flexibility index (Phi) is 7.59. The molecule has 2 aromatic carbocycles. The highest BCUT2D eigenvalue weighted by Crippen LogP contribution is 2.38. The summed E-state index contributed by atoms with van der Waals surface area (Å²) in [5.74, 6) is 0.589. The molecule has 1 N–H and O–H groups in total. The molecular formula is C20H27NO4S2. The highest BCUT2D eigenvalue weighted by Gasteiger charge is 2.22. The zero-order chi connectivity index (χ0) is 20.0. The van der Waals surface area contributed by atoms with Crippen LogP contribution in [0, 0.1) is 6.92 Å². The van der Waals surface area contributed by atoms with Gasteiger partial charge in [-0.1, -0.05) is 37.6 Å². The highest BCUT2D eigenvalue weighted by atomic mass is 32.2. The van der Waals surface area contributed by atoms with E-state index in [0.29, 0.717) is 23.3 Å². The van der Waals surface area contributed by atoms with Crippen molar-refractivity contribution in [2.75, 3.05) is 25.5 Å². The van der Waals surface area contributed by atoms with Crippen molar-refractivity contribution < 1.29 is 17.9 Å². The van der Waals surface area contributed by atoms with Gasteiger partial charge in [-0.3, -0.25) is 4.72 Å².